The minimum absolute atomic E-state index is 0.0418. The van der Waals surface area contributed by atoms with E-state index >= 15 is 0 Å². The molecule has 4 heteroatoms. The van der Waals surface area contributed by atoms with E-state index in [2.05, 4.69) is 4.98 Å². The van der Waals surface area contributed by atoms with Crippen molar-refractivity contribution in [2.75, 3.05) is 13.1 Å². The molecular formula is C12H16N2O2. The van der Waals surface area contributed by atoms with Gasteiger partial charge in [0.2, 0.25) is 5.91 Å². The van der Waals surface area contributed by atoms with Crippen molar-refractivity contribution >= 4 is 5.91 Å². The summed E-state index contributed by atoms with van der Waals surface area (Å²) in [5, 5.41) is 9.33. The zero-order chi connectivity index (χ0) is 11.5. The van der Waals surface area contributed by atoms with Gasteiger partial charge in [-0.15, -0.1) is 0 Å². The molecule has 1 saturated heterocycles. The van der Waals surface area contributed by atoms with E-state index in [0.717, 1.165) is 17.8 Å². The molecule has 1 aliphatic rings. The summed E-state index contributed by atoms with van der Waals surface area (Å²) in [6.45, 7) is 3.06. The van der Waals surface area contributed by atoms with Crippen molar-refractivity contribution in [3.8, 4) is 0 Å². The van der Waals surface area contributed by atoms with Gasteiger partial charge < -0.3 is 10.0 Å². The summed E-state index contributed by atoms with van der Waals surface area (Å²) in [7, 11) is 0. The third kappa shape index (κ3) is 2.58. The Balaban J connectivity index is 1.90. The number of likely N-dealkylation sites (tertiary alicyclic amines) is 1. The number of aryl methyl sites for hydroxylation is 1. The molecule has 1 N–H and O–H groups in total. The molecule has 1 unspecified atom stereocenters. The molecule has 1 atom stereocenters. The monoisotopic (exact) mass is 220 g/mol. The summed E-state index contributed by atoms with van der Waals surface area (Å²) < 4.78 is 0. The number of hydrogen-bond acceptors (Lipinski definition) is 3. The number of β-amino-alcohol motifs (C(OH)–C–C–N with tert-alkyl or cyclic N) is 1. The van der Waals surface area contributed by atoms with Gasteiger partial charge in [-0.05, 0) is 19.1 Å². The first kappa shape index (κ1) is 11.1. The van der Waals surface area contributed by atoms with E-state index in [9.17, 15) is 9.90 Å². The van der Waals surface area contributed by atoms with Gasteiger partial charge >= 0.3 is 0 Å². The van der Waals surface area contributed by atoms with Crippen LogP contribution in [0.25, 0.3) is 0 Å². The Morgan fingerprint density at radius 2 is 2.38 bits per heavy atom. The van der Waals surface area contributed by atoms with Crippen molar-refractivity contribution in [1.29, 1.82) is 0 Å². The zero-order valence-electron chi connectivity index (χ0n) is 9.39. The van der Waals surface area contributed by atoms with Crippen LogP contribution in [-0.4, -0.2) is 40.1 Å². The Kier molecular flexibility index (Phi) is 3.19. The zero-order valence-corrected chi connectivity index (χ0v) is 9.39. The second kappa shape index (κ2) is 4.61. The third-order valence-electron chi connectivity index (χ3n) is 2.78. The third-order valence-corrected chi connectivity index (χ3v) is 2.78. The molecule has 0 spiro atoms. The largest absolute Gasteiger partial charge is 0.391 e. The van der Waals surface area contributed by atoms with Gasteiger partial charge in [-0.25, -0.2) is 0 Å². The van der Waals surface area contributed by atoms with E-state index in [0.29, 0.717) is 13.1 Å². The highest BCUT2D eigenvalue weighted by molar-refractivity contribution is 5.78. The highest BCUT2D eigenvalue weighted by Gasteiger charge is 2.27. The van der Waals surface area contributed by atoms with Crippen LogP contribution < -0.4 is 0 Å². The Morgan fingerprint density at radius 3 is 3.00 bits per heavy atom. The van der Waals surface area contributed by atoms with Gasteiger partial charge in [0.05, 0.1) is 12.5 Å². The molecule has 1 aromatic rings. The number of rotatable bonds is 3. The van der Waals surface area contributed by atoms with Gasteiger partial charge in [0, 0.05) is 30.9 Å². The Hall–Kier alpha value is -1.42. The SMILES string of the molecule is Cc1cccc(CCN2CC(O)CC2=O)n1. The molecule has 1 fully saturated rings. The van der Waals surface area contributed by atoms with E-state index in [-0.39, 0.29) is 12.3 Å². The number of nitrogens with zero attached hydrogens (tertiary/aromatic N) is 2. The van der Waals surface area contributed by atoms with Crippen molar-refractivity contribution in [2.24, 2.45) is 0 Å². The predicted molar refractivity (Wildman–Crippen MR) is 59.9 cm³/mol. The van der Waals surface area contributed by atoms with E-state index in [1.165, 1.54) is 0 Å². The van der Waals surface area contributed by atoms with Crippen LogP contribution in [0.2, 0.25) is 0 Å². The van der Waals surface area contributed by atoms with E-state index in [1.54, 1.807) is 4.90 Å². The highest BCUT2D eigenvalue weighted by Crippen LogP contribution is 2.11. The fourth-order valence-corrected chi connectivity index (χ4v) is 1.96. The Morgan fingerprint density at radius 1 is 1.56 bits per heavy atom. The number of carbonyl (C=O) groups excluding carboxylic acids is 1. The maximum absolute atomic E-state index is 11.4. The van der Waals surface area contributed by atoms with Crippen LogP contribution >= 0.6 is 0 Å². The first-order valence-corrected chi connectivity index (χ1v) is 5.53. The van der Waals surface area contributed by atoms with Gasteiger partial charge in [-0.3, -0.25) is 9.78 Å². The lowest BCUT2D eigenvalue weighted by Crippen LogP contribution is -2.28. The molecule has 0 saturated carbocycles. The van der Waals surface area contributed by atoms with Crippen molar-refractivity contribution < 1.29 is 9.90 Å². The molecular weight excluding hydrogens is 204 g/mol. The van der Waals surface area contributed by atoms with Crippen molar-refractivity contribution in [1.82, 2.24) is 9.88 Å². The fourth-order valence-electron chi connectivity index (χ4n) is 1.96. The van der Waals surface area contributed by atoms with Gasteiger partial charge in [-0.2, -0.15) is 0 Å². The van der Waals surface area contributed by atoms with E-state index in [1.807, 2.05) is 25.1 Å². The van der Waals surface area contributed by atoms with Crippen LogP contribution in [0, 0.1) is 6.92 Å². The van der Waals surface area contributed by atoms with Crippen LogP contribution in [0.5, 0.6) is 0 Å². The summed E-state index contributed by atoms with van der Waals surface area (Å²) in [6, 6.07) is 5.89. The topological polar surface area (TPSA) is 53.4 Å². The molecule has 0 radical (unpaired) electrons. The van der Waals surface area contributed by atoms with Crippen molar-refractivity contribution in [2.45, 2.75) is 25.9 Å². The lowest BCUT2D eigenvalue weighted by Gasteiger charge is -2.15. The fraction of sp³-hybridized carbons (Fsp3) is 0.500. The minimum atomic E-state index is -0.488. The summed E-state index contributed by atoms with van der Waals surface area (Å²) in [5.41, 5.74) is 1.99. The van der Waals surface area contributed by atoms with Gasteiger partial charge in [0.15, 0.2) is 0 Å². The van der Waals surface area contributed by atoms with Crippen LogP contribution in [-0.2, 0) is 11.2 Å². The molecule has 1 aromatic heterocycles. The van der Waals surface area contributed by atoms with Gasteiger partial charge in [0.25, 0.3) is 0 Å². The second-order valence-corrected chi connectivity index (χ2v) is 4.22. The summed E-state index contributed by atoms with van der Waals surface area (Å²) in [4.78, 5) is 17.5. The second-order valence-electron chi connectivity index (χ2n) is 4.22. The molecule has 2 heterocycles. The highest BCUT2D eigenvalue weighted by atomic mass is 16.3. The summed E-state index contributed by atoms with van der Waals surface area (Å²) in [5.74, 6) is 0.0418. The maximum Gasteiger partial charge on any atom is 0.225 e. The van der Waals surface area contributed by atoms with Gasteiger partial charge in [0.1, 0.15) is 0 Å². The van der Waals surface area contributed by atoms with Crippen molar-refractivity contribution in [3.63, 3.8) is 0 Å². The molecule has 1 aliphatic heterocycles. The number of aliphatic hydroxyl groups excluding tert-OH is 1. The number of hydrogen-bond donors (Lipinski definition) is 1. The van der Waals surface area contributed by atoms with Crippen molar-refractivity contribution in [3.05, 3.63) is 29.6 Å². The van der Waals surface area contributed by atoms with Gasteiger partial charge in [-0.1, -0.05) is 6.07 Å². The molecule has 0 aromatic carbocycles. The molecule has 86 valence electrons. The number of aromatic nitrogens is 1. The standard InChI is InChI=1S/C12H16N2O2/c1-9-3-2-4-10(13-9)5-6-14-8-11(15)7-12(14)16/h2-4,11,15H,5-8H2,1H3. The number of amides is 1. The molecule has 4 nitrogen and oxygen atoms in total. The maximum atomic E-state index is 11.4. The van der Waals surface area contributed by atoms with Crippen LogP contribution in [0.15, 0.2) is 18.2 Å². The minimum Gasteiger partial charge on any atom is -0.391 e. The average Bonchev–Trinajstić information content (AvgIpc) is 2.54. The smallest absolute Gasteiger partial charge is 0.225 e. The molecule has 16 heavy (non-hydrogen) atoms. The molecule has 1 amide bonds. The molecule has 2 rings (SSSR count). The number of pyridine rings is 1. The van der Waals surface area contributed by atoms with Crippen LogP contribution in [0.1, 0.15) is 17.8 Å². The molecule has 0 bridgehead atoms. The Labute approximate surface area is 94.9 Å². The summed E-state index contributed by atoms with van der Waals surface area (Å²) >= 11 is 0. The normalized spacial score (nSPS) is 20.5. The first-order chi connectivity index (χ1) is 7.65. The quantitative estimate of drug-likeness (QED) is 0.808. The lowest BCUT2D eigenvalue weighted by molar-refractivity contribution is -0.127. The number of carbonyl (C=O) groups is 1. The van der Waals surface area contributed by atoms with Crippen LogP contribution in [0.3, 0.4) is 0 Å². The van der Waals surface area contributed by atoms with E-state index in [4.69, 9.17) is 0 Å². The Bertz CT molecular complexity index is 392. The number of aliphatic hydroxyl groups is 1. The average molecular weight is 220 g/mol. The van der Waals surface area contributed by atoms with Crippen LogP contribution in [0.4, 0.5) is 0 Å². The predicted octanol–water partition coefficient (Wildman–Crippen LogP) is 0.526. The van der Waals surface area contributed by atoms with E-state index < -0.39 is 6.10 Å². The first-order valence-electron chi connectivity index (χ1n) is 5.53. The molecule has 0 aliphatic carbocycles. The summed E-state index contributed by atoms with van der Waals surface area (Å²) in [6.07, 6.45) is 0.527. The lowest BCUT2D eigenvalue weighted by atomic mass is 10.2.